The van der Waals surface area contributed by atoms with E-state index in [2.05, 4.69) is 16.9 Å². The number of nitrogens with zero attached hydrogens (tertiary/aromatic N) is 3. The molecule has 0 saturated heterocycles. The zero-order valence-corrected chi connectivity index (χ0v) is 23.0. The van der Waals surface area contributed by atoms with E-state index in [4.69, 9.17) is 0 Å². The monoisotopic (exact) mass is 534 g/mol. The highest BCUT2D eigenvalue weighted by molar-refractivity contribution is 7.99. The number of nitrogens with one attached hydrogen (secondary N) is 1. The van der Waals surface area contributed by atoms with Gasteiger partial charge in [0.05, 0.1) is 16.0 Å². The van der Waals surface area contributed by atoms with Crippen LogP contribution in [0.25, 0.3) is 10.2 Å². The summed E-state index contributed by atoms with van der Waals surface area (Å²) in [6.45, 7) is 14.0. The standard InChI is InChI=1S/C24H30N4O4S3/c1-7-12-28-23(30)21-16(5)17(6)34-22(21)26-24(28)33-14-20(29)25-19-13-18(11-10-15(19)4)35(31,32)27(8-2)9-3/h7,10-11,13H,1,8-9,12,14H2,2-6H3,(H,25,29). The molecular weight excluding hydrogens is 504 g/mol. The van der Waals surface area contributed by atoms with Crippen molar-refractivity contribution in [2.45, 2.75) is 51.2 Å². The zero-order chi connectivity index (χ0) is 25.9. The highest BCUT2D eigenvalue weighted by Crippen LogP contribution is 2.29. The van der Waals surface area contributed by atoms with Crippen LogP contribution in [0.1, 0.15) is 29.9 Å². The minimum absolute atomic E-state index is 0.00485. The van der Waals surface area contributed by atoms with Crippen molar-refractivity contribution in [2.24, 2.45) is 0 Å². The fourth-order valence-electron chi connectivity index (χ4n) is 3.63. The molecule has 0 unspecified atom stereocenters. The largest absolute Gasteiger partial charge is 0.325 e. The molecule has 35 heavy (non-hydrogen) atoms. The van der Waals surface area contributed by atoms with Gasteiger partial charge in [-0.25, -0.2) is 13.4 Å². The summed E-state index contributed by atoms with van der Waals surface area (Å²) in [6, 6.07) is 4.71. The Morgan fingerprint density at radius 3 is 2.57 bits per heavy atom. The van der Waals surface area contributed by atoms with Crippen molar-refractivity contribution in [3.63, 3.8) is 0 Å². The Morgan fingerprint density at radius 2 is 1.94 bits per heavy atom. The van der Waals surface area contributed by atoms with Crippen molar-refractivity contribution in [1.82, 2.24) is 13.9 Å². The van der Waals surface area contributed by atoms with Gasteiger partial charge in [-0.2, -0.15) is 4.31 Å². The summed E-state index contributed by atoms with van der Waals surface area (Å²) in [7, 11) is -3.65. The molecule has 1 amide bonds. The molecule has 3 aromatic rings. The number of sulfonamides is 1. The second-order valence-electron chi connectivity index (χ2n) is 7.97. The number of allylic oxidation sites excluding steroid dienone is 1. The molecule has 1 N–H and O–H groups in total. The number of carbonyl (C=O) groups is 1. The number of aryl methyl sites for hydroxylation is 3. The average Bonchev–Trinajstić information content (AvgIpc) is 3.10. The van der Waals surface area contributed by atoms with E-state index in [-0.39, 0.29) is 28.7 Å². The minimum Gasteiger partial charge on any atom is -0.325 e. The van der Waals surface area contributed by atoms with E-state index in [1.165, 1.54) is 26.3 Å². The van der Waals surface area contributed by atoms with Gasteiger partial charge in [-0.1, -0.05) is 37.8 Å². The number of rotatable bonds is 10. The Kier molecular flexibility index (Phi) is 8.58. The molecule has 2 heterocycles. The number of hydrogen-bond acceptors (Lipinski definition) is 7. The lowest BCUT2D eigenvalue weighted by molar-refractivity contribution is -0.113. The van der Waals surface area contributed by atoms with Crippen LogP contribution in [-0.2, 0) is 21.4 Å². The summed E-state index contributed by atoms with van der Waals surface area (Å²) in [6.07, 6.45) is 1.62. The predicted octanol–water partition coefficient (Wildman–Crippen LogP) is 4.33. The number of thioether (sulfide) groups is 1. The molecule has 0 saturated carbocycles. The summed E-state index contributed by atoms with van der Waals surface area (Å²) in [4.78, 5) is 32.4. The Bertz CT molecular complexity index is 1440. The lowest BCUT2D eigenvalue weighted by atomic mass is 10.2. The lowest BCUT2D eigenvalue weighted by Gasteiger charge is -2.19. The molecule has 0 bridgehead atoms. The maximum absolute atomic E-state index is 13.1. The summed E-state index contributed by atoms with van der Waals surface area (Å²) in [5, 5.41) is 3.85. The Morgan fingerprint density at radius 1 is 1.26 bits per heavy atom. The van der Waals surface area contributed by atoms with Crippen molar-refractivity contribution in [3.8, 4) is 0 Å². The molecule has 0 aliphatic carbocycles. The first-order chi connectivity index (χ1) is 16.5. The summed E-state index contributed by atoms with van der Waals surface area (Å²) >= 11 is 2.62. The first-order valence-corrected chi connectivity index (χ1v) is 14.4. The normalized spacial score (nSPS) is 11.8. The van der Waals surface area contributed by atoms with E-state index in [1.807, 2.05) is 13.8 Å². The van der Waals surface area contributed by atoms with Crippen molar-refractivity contribution >= 4 is 54.9 Å². The second-order valence-corrected chi connectivity index (χ2v) is 12.0. The number of benzene rings is 1. The fraction of sp³-hybridized carbons (Fsp3) is 0.375. The van der Waals surface area contributed by atoms with Crippen LogP contribution in [-0.4, -0.2) is 47.0 Å². The van der Waals surface area contributed by atoms with E-state index < -0.39 is 10.0 Å². The first kappa shape index (κ1) is 27.1. The predicted molar refractivity (Wildman–Crippen MR) is 144 cm³/mol. The van der Waals surface area contributed by atoms with Crippen molar-refractivity contribution in [1.29, 1.82) is 0 Å². The molecule has 0 aliphatic rings. The number of aromatic nitrogens is 2. The van der Waals surface area contributed by atoms with Gasteiger partial charge >= 0.3 is 0 Å². The third kappa shape index (κ3) is 5.53. The number of amides is 1. The molecular formula is C24H30N4O4S3. The quantitative estimate of drug-likeness (QED) is 0.236. The lowest BCUT2D eigenvalue weighted by Crippen LogP contribution is -2.30. The third-order valence-electron chi connectivity index (χ3n) is 5.72. The van der Waals surface area contributed by atoms with Gasteiger partial charge in [0, 0.05) is 30.2 Å². The fourth-order valence-corrected chi connectivity index (χ4v) is 7.00. The van der Waals surface area contributed by atoms with Gasteiger partial charge in [0.1, 0.15) is 4.83 Å². The molecule has 0 aliphatic heterocycles. The second kappa shape index (κ2) is 11.1. The van der Waals surface area contributed by atoms with E-state index in [1.54, 1.807) is 39.0 Å². The van der Waals surface area contributed by atoms with E-state index in [0.717, 1.165) is 27.8 Å². The molecule has 3 rings (SSSR count). The molecule has 1 aromatic carbocycles. The van der Waals surface area contributed by atoms with Crippen LogP contribution in [0.15, 0.2) is 45.7 Å². The van der Waals surface area contributed by atoms with Gasteiger partial charge in [-0.05, 0) is 44.0 Å². The van der Waals surface area contributed by atoms with Crippen LogP contribution < -0.4 is 10.9 Å². The highest BCUT2D eigenvalue weighted by atomic mass is 32.2. The van der Waals surface area contributed by atoms with Crippen LogP contribution >= 0.6 is 23.1 Å². The van der Waals surface area contributed by atoms with Gasteiger partial charge in [-0.15, -0.1) is 17.9 Å². The molecule has 8 nitrogen and oxygen atoms in total. The number of fused-ring (bicyclic) bond motifs is 1. The molecule has 0 fully saturated rings. The van der Waals surface area contributed by atoms with Crippen molar-refractivity contribution < 1.29 is 13.2 Å². The average molecular weight is 535 g/mol. The van der Waals surface area contributed by atoms with Crippen LogP contribution in [0.5, 0.6) is 0 Å². The summed E-state index contributed by atoms with van der Waals surface area (Å²) in [5.74, 6) is -0.321. The van der Waals surface area contributed by atoms with Crippen LogP contribution in [0, 0.1) is 20.8 Å². The van der Waals surface area contributed by atoms with E-state index in [0.29, 0.717) is 34.1 Å². The Labute approximate surface area is 214 Å². The van der Waals surface area contributed by atoms with Crippen LogP contribution in [0.3, 0.4) is 0 Å². The van der Waals surface area contributed by atoms with Gasteiger partial charge in [-0.3, -0.25) is 14.2 Å². The number of thiophene rings is 1. The van der Waals surface area contributed by atoms with E-state index >= 15 is 0 Å². The Hall–Kier alpha value is -2.47. The molecule has 0 atom stereocenters. The number of carbonyl (C=O) groups excluding carboxylic acids is 1. The Balaban J connectivity index is 1.84. The van der Waals surface area contributed by atoms with Gasteiger partial charge in [0.15, 0.2) is 5.16 Å². The third-order valence-corrected chi connectivity index (χ3v) is 9.85. The van der Waals surface area contributed by atoms with Crippen LogP contribution in [0.4, 0.5) is 5.69 Å². The minimum atomic E-state index is -3.65. The SMILES string of the molecule is C=CCn1c(SCC(=O)Nc2cc(S(=O)(=O)N(CC)CC)ccc2C)nc2sc(C)c(C)c2c1=O. The van der Waals surface area contributed by atoms with E-state index in [9.17, 15) is 18.0 Å². The first-order valence-electron chi connectivity index (χ1n) is 11.2. The zero-order valence-electron chi connectivity index (χ0n) is 20.5. The maximum Gasteiger partial charge on any atom is 0.263 e. The van der Waals surface area contributed by atoms with Crippen molar-refractivity contribution in [3.05, 3.63) is 57.2 Å². The molecule has 2 aromatic heterocycles. The topological polar surface area (TPSA) is 101 Å². The van der Waals surface area contributed by atoms with Crippen LogP contribution in [0.2, 0.25) is 0 Å². The number of anilines is 1. The number of hydrogen-bond donors (Lipinski definition) is 1. The summed E-state index contributed by atoms with van der Waals surface area (Å²) < 4.78 is 28.7. The molecule has 11 heteroatoms. The molecule has 0 spiro atoms. The molecule has 188 valence electrons. The van der Waals surface area contributed by atoms with Crippen molar-refractivity contribution in [2.75, 3.05) is 24.2 Å². The van der Waals surface area contributed by atoms with Gasteiger partial charge < -0.3 is 5.32 Å². The summed E-state index contributed by atoms with van der Waals surface area (Å²) in [5.41, 5.74) is 1.95. The molecule has 0 radical (unpaired) electrons. The maximum atomic E-state index is 13.1. The van der Waals surface area contributed by atoms with Gasteiger partial charge in [0.25, 0.3) is 5.56 Å². The van der Waals surface area contributed by atoms with Gasteiger partial charge in [0.2, 0.25) is 15.9 Å². The highest BCUT2D eigenvalue weighted by Gasteiger charge is 2.23. The smallest absolute Gasteiger partial charge is 0.263 e.